The molecule has 6 nitrogen and oxygen atoms in total. The number of nitrogens with zero attached hydrogens (tertiary/aromatic N) is 4. The Morgan fingerprint density at radius 3 is 2.73 bits per heavy atom. The van der Waals surface area contributed by atoms with Gasteiger partial charge in [-0.3, -0.25) is 0 Å². The van der Waals surface area contributed by atoms with Gasteiger partial charge in [-0.15, -0.1) is 0 Å². The van der Waals surface area contributed by atoms with Crippen molar-refractivity contribution in [3.63, 3.8) is 0 Å². The van der Waals surface area contributed by atoms with E-state index in [2.05, 4.69) is 59.2 Å². The average Bonchev–Trinajstić information content (AvgIpc) is 3.18. The molecule has 0 aliphatic carbocycles. The van der Waals surface area contributed by atoms with E-state index in [0.717, 1.165) is 46.7 Å². The van der Waals surface area contributed by atoms with Crippen molar-refractivity contribution in [1.82, 2.24) is 24.7 Å². The summed E-state index contributed by atoms with van der Waals surface area (Å²) in [6.07, 6.45) is 2.66. The molecular weight excluding hydrogens is 324 g/mol. The molecule has 26 heavy (non-hydrogen) atoms. The summed E-state index contributed by atoms with van der Waals surface area (Å²) in [6.45, 7) is 7.43. The molecule has 0 saturated carbocycles. The predicted octanol–water partition coefficient (Wildman–Crippen LogP) is 4.37. The zero-order chi connectivity index (χ0) is 18.3. The van der Waals surface area contributed by atoms with Crippen LogP contribution in [0.5, 0.6) is 0 Å². The molecule has 4 rings (SSSR count). The molecule has 0 aliphatic heterocycles. The maximum Gasteiger partial charge on any atom is 0.164 e. The maximum absolute atomic E-state index is 4.94. The van der Waals surface area contributed by atoms with Gasteiger partial charge in [-0.05, 0) is 30.9 Å². The van der Waals surface area contributed by atoms with Crippen LogP contribution < -0.4 is 5.32 Å². The number of aromatic amines is 1. The van der Waals surface area contributed by atoms with Gasteiger partial charge in [-0.25, -0.2) is 14.6 Å². The van der Waals surface area contributed by atoms with E-state index in [0.29, 0.717) is 5.92 Å². The van der Waals surface area contributed by atoms with Crippen LogP contribution in [0.2, 0.25) is 0 Å². The van der Waals surface area contributed by atoms with Gasteiger partial charge in [0.1, 0.15) is 17.8 Å². The molecule has 134 valence electrons. The third-order valence-corrected chi connectivity index (χ3v) is 4.89. The summed E-state index contributed by atoms with van der Waals surface area (Å²) >= 11 is 0. The smallest absolute Gasteiger partial charge is 0.164 e. The Kier molecular flexibility index (Phi) is 4.11. The van der Waals surface area contributed by atoms with Gasteiger partial charge in [0.05, 0.1) is 11.1 Å². The summed E-state index contributed by atoms with van der Waals surface area (Å²) in [5.74, 6) is 1.41. The van der Waals surface area contributed by atoms with Gasteiger partial charge in [-0.2, -0.15) is 5.10 Å². The zero-order valence-electron chi connectivity index (χ0n) is 15.7. The first-order valence-corrected chi connectivity index (χ1v) is 9.07. The van der Waals surface area contributed by atoms with Gasteiger partial charge in [0, 0.05) is 24.5 Å². The van der Waals surface area contributed by atoms with Gasteiger partial charge in [-0.1, -0.05) is 32.0 Å². The van der Waals surface area contributed by atoms with Crippen LogP contribution in [0, 0.1) is 12.8 Å². The van der Waals surface area contributed by atoms with E-state index < -0.39 is 0 Å². The molecule has 0 amide bonds. The largest absolute Gasteiger partial charge is 0.372 e. The second kappa shape index (κ2) is 6.44. The summed E-state index contributed by atoms with van der Waals surface area (Å²) in [6, 6.07) is 8.34. The second-order valence-electron chi connectivity index (χ2n) is 7.10. The summed E-state index contributed by atoms with van der Waals surface area (Å²) in [7, 11) is 1.88. The molecule has 0 saturated heterocycles. The molecule has 0 atom stereocenters. The van der Waals surface area contributed by atoms with Crippen LogP contribution in [-0.2, 0) is 6.54 Å². The van der Waals surface area contributed by atoms with Crippen molar-refractivity contribution in [2.24, 2.45) is 5.92 Å². The third kappa shape index (κ3) is 2.62. The number of nitrogens with one attached hydrogen (secondary N) is 2. The lowest BCUT2D eigenvalue weighted by molar-refractivity contribution is 0.495. The van der Waals surface area contributed by atoms with Gasteiger partial charge in [0.15, 0.2) is 5.65 Å². The minimum Gasteiger partial charge on any atom is -0.372 e. The fourth-order valence-electron chi connectivity index (χ4n) is 3.43. The third-order valence-electron chi connectivity index (χ3n) is 4.89. The molecule has 0 bridgehead atoms. The van der Waals surface area contributed by atoms with E-state index in [4.69, 9.17) is 5.10 Å². The first-order chi connectivity index (χ1) is 12.6. The maximum atomic E-state index is 4.94. The van der Waals surface area contributed by atoms with Crippen LogP contribution in [0.3, 0.4) is 0 Å². The Labute approximate surface area is 152 Å². The highest BCUT2D eigenvalue weighted by Gasteiger charge is 2.21. The van der Waals surface area contributed by atoms with Crippen molar-refractivity contribution >= 4 is 27.8 Å². The molecule has 0 radical (unpaired) electrons. The topological polar surface area (TPSA) is 71.4 Å². The molecule has 0 fully saturated rings. The van der Waals surface area contributed by atoms with E-state index in [1.54, 1.807) is 6.33 Å². The average molecular weight is 348 g/mol. The lowest BCUT2D eigenvalue weighted by atomic mass is 10.1. The number of aryl methyl sites for hydroxylation is 2. The predicted molar refractivity (Wildman–Crippen MR) is 106 cm³/mol. The Balaban J connectivity index is 1.97. The lowest BCUT2D eigenvalue weighted by Crippen LogP contribution is -2.04. The number of para-hydroxylation sites is 1. The summed E-state index contributed by atoms with van der Waals surface area (Å²) in [5, 5.41) is 10.3. The molecule has 0 unspecified atom stereocenters. The Morgan fingerprint density at radius 1 is 1.19 bits per heavy atom. The molecule has 4 aromatic rings. The minimum atomic E-state index is 0.609. The van der Waals surface area contributed by atoms with Gasteiger partial charge in [0.25, 0.3) is 0 Å². The van der Waals surface area contributed by atoms with Crippen LogP contribution >= 0.6 is 0 Å². The summed E-state index contributed by atoms with van der Waals surface area (Å²) in [4.78, 5) is 12.5. The Morgan fingerprint density at radius 2 is 2.00 bits per heavy atom. The van der Waals surface area contributed by atoms with Gasteiger partial charge in [0.2, 0.25) is 0 Å². The molecule has 3 heterocycles. The number of hydrogen-bond donors (Lipinski definition) is 2. The second-order valence-corrected chi connectivity index (χ2v) is 7.10. The first-order valence-electron chi connectivity index (χ1n) is 9.07. The highest BCUT2D eigenvalue weighted by atomic mass is 15.3. The van der Waals surface area contributed by atoms with E-state index in [1.807, 2.05) is 17.8 Å². The van der Waals surface area contributed by atoms with E-state index >= 15 is 0 Å². The fourth-order valence-corrected chi connectivity index (χ4v) is 3.43. The number of H-pyrrole nitrogens is 1. The van der Waals surface area contributed by atoms with Crippen LogP contribution in [-0.4, -0.2) is 31.8 Å². The van der Waals surface area contributed by atoms with Crippen molar-refractivity contribution in [3.8, 4) is 11.4 Å². The normalized spacial score (nSPS) is 11.7. The number of rotatable bonds is 5. The minimum absolute atomic E-state index is 0.609. The molecule has 2 N–H and O–H groups in total. The van der Waals surface area contributed by atoms with Crippen LogP contribution in [0.1, 0.15) is 25.8 Å². The van der Waals surface area contributed by atoms with E-state index in [-0.39, 0.29) is 0 Å². The number of aromatic nitrogens is 5. The molecule has 3 aromatic heterocycles. The van der Waals surface area contributed by atoms with Crippen molar-refractivity contribution in [2.75, 3.05) is 12.4 Å². The molecule has 0 aliphatic rings. The van der Waals surface area contributed by atoms with Crippen LogP contribution in [0.4, 0.5) is 5.82 Å². The van der Waals surface area contributed by atoms with Crippen molar-refractivity contribution in [3.05, 3.63) is 36.2 Å². The highest BCUT2D eigenvalue weighted by Crippen LogP contribution is 2.35. The fraction of sp³-hybridized carbons (Fsp3) is 0.350. The number of fused-ring (bicyclic) bond motifs is 2. The Bertz CT molecular complexity index is 1070. The van der Waals surface area contributed by atoms with Crippen LogP contribution in [0.25, 0.3) is 33.3 Å². The first kappa shape index (κ1) is 16.6. The standard InChI is InChI=1S/C20H24N6/c1-12(2)9-10-26-20-16(19(21-4)22-11-23-20)18(25-26)17-13(3)14-7-5-6-8-15(14)24-17/h5-8,11-12,24H,9-10H2,1-4H3,(H,21,22,23). The zero-order valence-corrected chi connectivity index (χ0v) is 15.7. The van der Waals surface area contributed by atoms with Gasteiger partial charge < -0.3 is 10.3 Å². The van der Waals surface area contributed by atoms with E-state index in [9.17, 15) is 0 Å². The van der Waals surface area contributed by atoms with Crippen molar-refractivity contribution in [2.45, 2.75) is 33.7 Å². The quantitative estimate of drug-likeness (QED) is 0.562. The van der Waals surface area contributed by atoms with Crippen molar-refractivity contribution < 1.29 is 0 Å². The molecular formula is C20H24N6. The highest BCUT2D eigenvalue weighted by molar-refractivity contribution is 6.02. The number of hydrogen-bond acceptors (Lipinski definition) is 4. The van der Waals surface area contributed by atoms with E-state index in [1.165, 1.54) is 10.9 Å². The van der Waals surface area contributed by atoms with Crippen molar-refractivity contribution in [1.29, 1.82) is 0 Å². The SMILES string of the molecule is CNc1ncnc2c1c(-c1[nH]c3ccccc3c1C)nn2CCC(C)C. The number of benzene rings is 1. The summed E-state index contributed by atoms with van der Waals surface area (Å²) < 4.78 is 2.01. The molecule has 0 spiro atoms. The van der Waals surface area contributed by atoms with Crippen LogP contribution in [0.15, 0.2) is 30.6 Å². The monoisotopic (exact) mass is 348 g/mol. The van der Waals surface area contributed by atoms with Gasteiger partial charge >= 0.3 is 0 Å². The lowest BCUT2D eigenvalue weighted by Gasteiger charge is -2.05. The molecule has 1 aromatic carbocycles. The summed E-state index contributed by atoms with van der Waals surface area (Å²) in [5.41, 5.74) is 5.13. The Hall–Kier alpha value is -2.89. The molecule has 6 heteroatoms. The number of anilines is 1.